The SMILES string of the molecule is O=C(O)N[C@H]1CCCCC2=C(C2)N=C[C@H]2[C@@H](C(=O)NS(=O)(=O)C3CC3)CC(=O)N2[C@H](Oc2nc3ccccc3nc2-c2ccc3[nH]ccc3c2)CCC1=O. The largest absolute Gasteiger partial charge is 0.465 e. The maximum absolute atomic E-state index is 14.1. The van der Waals surface area contributed by atoms with Crippen LogP contribution in [0.15, 0.2) is 71.0 Å². The molecule has 4 atom stereocenters. The zero-order valence-electron chi connectivity index (χ0n) is 29.2. The number of ether oxygens (including phenoxy) is 1. The molecule has 0 spiro atoms. The molecule has 54 heavy (non-hydrogen) atoms. The van der Waals surface area contributed by atoms with Crippen LogP contribution in [-0.4, -0.2) is 86.8 Å². The van der Waals surface area contributed by atoms with Crippen LogP contribution in [0.2, 0.25) is 0 Å². The molecule has 2 aromatic heterocycles. The number of nitrogens with zero attached hydrogens (tertiary/aromatic N) is 4. The molecule has 16 heteroatoms. The molecule has 4 aliphatic rings. The van der Waals surface area contributed by atoms with E-state index in [1.807, 2.05) is 42.6 Å². The second-order valence-corrected chi connectivity index (χ2v) is 16.3. The Morgan fingerprint density at radius 1 is 0.963 bits per heavy atom. The van der Waals surface area contributed by atoms with Crippen molar-refractivity contribution in [1.29, 1.82) is 0 Å². The topological polar surface area (TPSA) is 213 Å². The first-order valence-electron chi connectivity index (χ1n) is 18.2. The van der Waals surface area contributed by atoms with Crippen LogP contribution in [0, 0.1) is 5.92 Å². The number of ketones is 1. The van der Waals surface area contributed by atoms with E-state index in [1.165, 1.54) is 11.1 Å². The van der Waals surface area contributed by atoms with Gasteiger partial charge in [0.15, 0.2) is 12.0 Å². The molecule has 15 nitrogen and oxygen atoms in total. The number of allylic oxidation sites excluding steroid dienone is 2. The van der Waals surface area contributed by atoms with E-state index in [0.29, 0.717) is 60.8 Å². The Morgan fingerprint density at radius 3 is 2.54 bits per heavy atom. The number of hydrogen-bond acceptors (Lipinski definition) is 10. The number of H-pyrrole nitrogens is 1. The van der Waals surface area contributed by atoms with Crippen LogP contribution in [0.25, 0.3) is 33.2 Å². The molecule has 8 rings (SSSR count). The second-order valence-electron chi connectivity index (χ2n) is 14.3. The van der Waals surface area contributed by atoms with Crippen molar-refractivity contribution in [1.82, 2.24) is 29.9 Å². The molecule has 2 aliphatic heterocycles. The Morgan fingerprint density at radius 2 is 1.76 bits per heavy atom. The molecule has 2 aliphatic carbocycles. The highest BCUT2D eigenvalue weighted by atomic mass is 32.2. The first-order valence-corrected chi connectivity index (χ1v) is 19.7. The van der Waals surface area contributed by atoms with E-state index < -0.39 is 57.4 Å². The van der Waals surface area contributed by atoms with Crippen LogP contribution in [0.1, 0.15) is 64.2 Å². The van der Waals surface area contributed by atoms with Crippen molar-refractivity contribution in [2.45, 2.75) is 87.8 Å². The van der Waals surface area contributed by atoms with Crippen molar-refractivity contribution in [2.75, 3.05) is 0 Å². The molecule has 280 valence electrons. The summed E-state index contributed by atoms with van der Waals surface area (Å²) in [5.41, 5.74) is 4.97. The van der Waals surface area contributed by atoms with Crippen molar-refractivity contribution in [3.05, 3.63) is 66.0 Å². The van der Waals surface area contributed by atoms with Gasteiger partial charge >= 0.3 is 6.09 Å². The quantitative estimate of drug-likeness (QED) is 0.206. The van der Waals surface area contributed by atoms with Gasteiger partial charge in [0, 0.05) is 60.3 Å². The van der Waals surface area contributed by atoms with E-state index in [9.17, 15) is 32.7 Å². The Hall–Kier alpha value is -5.64. The number of aromatic nitrogens is 3. The number of rotatable bonds is 7. The number of amides is 3. The van der Waals surface area contributed by atoms with Gasteiger partial charge in [0.25, 0.3) is 0 Å². The lowest BCUT2D eigenvalue weighted by Gasteiger charge is -2.33. The maximum atomic E-state index is 14.1. The fraction of sp³-hybridized carbons (Fsp3) is 0.395. The lowest BCUT2D eigenvalue weighted by molar-refractivity contribution is -0.137. The Bertz CT molecular complexity index is 2350. The van der Waals surface area contributed by atoms with E-state index >= 15 is 0 Å². The Kier molecular flexibility index (Phi) is 9.37. The first-order chi connectivity index (χ1) is 26.0. The molecule has 0 unspecified atom stereocenters. The molecule has 2 fully saturated rings. The third-order valence-electron chi connectivity index (χ3n) is 10.5. The zero-order chi connectivity index (χ0) is 37.6. The summed E-state index contributed by atoms with van der Waals surface area (Å²) in [4.78, 5) is 72.2. The lowest BCUT2D eigenvalue weighted by atomic mass is 9.99. The molecule has 4 heterocycles. The number of fused-ring (bicyclic) bond motifs is 3. The van der Waals surface area contributed by atoms with Gasteiger partial charge in [0.05, 0.1) is 34.3 Å². The molecule has 1 saturated heterocycles. The summed E-state index contributed by atoms with van der Waals surface area (Å²) in [5, 5.41) is 12.2. The molecule has 1 saturated carbocycles. The van der Waals surface area contributed by atoms with Gasteiger partial charge in [-0.15, -0.1) is 0 Å². The minimum atomic E-state index is -3.92. The van der Waals surface area contributed by atoms with Gasteiger partial charge in [-0.3, -0.25) is 29.0 Å². The number of carbonyl (C=O) groups is 4. The van der Waals surface area contributed by atoms with Gasteiger partial charge in [-0.1, -0.05) is 24.6 Å². The van der Waals surface area contributed by atoms with Crippen molar-refractivity contribution in [2.24, 2.45) is 10.9 Å². The average Bonchev–Trinajstić information content (AvgIpc) is 4.06. The van der Waals surface area contributed by atoms with Crippen molar-refractivity contribution < 1.29 is 37.4 Å². The van der Waals surface area contributed by atoms with Crippen LogP contribution < -0.4 is 14.8 Å². The predicted octanol–water partition coefficient (Wildman–Crippen LogP) is 4.60. The van der Waals surface area contributed by atoms with E-state index in [1.54, 1.807) is 12.1 Å². The van der Waals surface area contributed by atoms with Gasteiger partial charge < -0.3 is 20.1 Å². The molecule has 3 amide bonds. The Balaban J connectivity index is 1.21. The summed E-state index contributed by atoms with van der Waals surface area (Å²) < 4.78 is 34.6. The molecule has 0 radical (unpaired) electrons. The second kappa shape index (κ2) is 14.3. The molecule has 4 N–H and O–H groups in total. The summed E-state index contributed by atoms with van der Waals surface area (Å²) in [7, 11) is -3.92. The standard InChI is InChI=1S/C38H39N7O8S/c46-32-13-14-34(53-37-35(41-27-6-3-4-7-28(27)42-37)23-9-12-26-22(17-23)15-16-39-26)45-31(25(19-33(45)47)36(48)44-54(51,52)24-10-11-24)20-40-30-18-21(30)5-1-2-8-29(32)43-38(49)50/h3-4,6-7,9,12,15-17,20,24-25,29,31,34,39,43H,1-2,5,8,10-11,13-14,18-19H2,(H,44,48)(H,49,50)/t25-,29-,31-,34+/m0/s1. The minimum Gasteiger partial charge on any atom is -0.465 e. The van der Waals surface area contributed by atoms with E-state index in [0.717, 1.165) is 28.6 Å². The normalized spacial score (nSPS) is 23.7. The smallest absolute Gasteiger partial charge is 0.405 e. The van der Waals surface area contributed by atoms with Gasteiger partial charge in [0.1, 0.15) is 5.69 Å². The van der Waals surface area contributed by atoms with Crippen LogP contribution in [0.5, 0.6) is 5.88 Å². The van der Waals surface area contributed by atoms with Crippen molar-refractivity contribution in [3.8, 4) is 17.1 Å². The number of carbonyl (C=O) groups excluding carboxylic acids is 3. The highest BCUT2D eigenvalue weighted by Gasteiger charge is 2.49. The summed E-state index contributed by atoms with van der Waals surface area (Å²) in [6.07, 6.45) is 4.07. The maximum Gasteiger partial charge on any atom is 0.405 e. The number of carboxylic acid groups (broad SMARTS) is 1. The van der Waals surface area contributed by atoms with Crippen LogP contribution in [-0.2, 0) is 24.4 Å². The Labute approximate surface area is 310 Å². The first kappa shape index (κ1) is 35.4. The van der Waals surface area contributed by atoms with Gasteiger partial charge in [-0.25, -0.2) is 23.2 Å². The third kappa shape index (κ3) is 7.42. The highest BCUT2D eigenvalue weighted by Crippen LogP contribution is 2.39. The summed E-state index contributed by atoms with van der Waals surface area (Å²) in [6.45, 7) is 0. The van der Waals surface area contributed by atoms with Gasteiger partial charge in [-0.2, -0.15) is 0 Å². The number of hydrogen-bond donors (Lipinski definition) is 4. The van der Waals surface area contributed by atoms with Crippen LogP contribution in [0.4, 0.5) is 4.79 Å². The van der Waals surface area contributed by atoms with Crippen molar-refractivity contribution in [3.63, 3.8) is 0 Å². The van der Waals surface area contributed by atoms with Gasteiger partial charge in [0.2, 0.25) is 27.7 Å². The predicted molar refractivity (Wildman–Crippen MR) is 198 cm³/mol. The monoisotopic (exact) mass is 753 g/mol. The number of benzene rings is 2. The molecule has 2 aromatic carbocycles. The number of aliphatic imine (C=N–C) groups is 1. The van der Waals surface area contributed by atoms with Crippen LogP contribution >= 0.6 is 0 Å². The number of aromatic amines is 1. The fourth-order valence-electron chi connectivity index (χ4n) is 7.35. The summed E-state index contributed by atoms with van der Waals surface area (Å²) in [5.74, 6) is -2.76. The third-order valence-corrected chi connectivity index (χ3v) is 12.3. The van der Waals surface area contributed by atoms with Crippen molar-refractivity contribution >= 4 is 61.9 Å². The summed E-state index contributed by atoms with van der Waals surface area (Å²) >= 11 is 0. The average molecular weight is 754 g/mol. The van der Waals surface area contributed by atoms with Crippen LogP contribution in [0.3, 0.4) is 0 Å². The van der Waals surface area contributed by atoms with E-state index in [2.05, 4.69) is 15.0 Å². The lowest BCUT2D eigenvalue weighted by Crippen LogP contribution is -2.50. The highest BCUT2D eigenvalue weighted by molar-refractivity contribution is 7.90. The van der Waals surface area contributed by atoms with E-state index in [4.69, 9.17) is 19.7 Å². The number of para-hydroxylation sites is 2. The number of Topliss-reactive ketones (excluding diaryl/α,β-unsaturated/α-hetero) is 1. The number of nitrogens with one attached hydrogen (secondary N) is 3. The zero-order valence-corrected chi connectivity index (χ0v) is 30.0. The van der Waals surface area contributed by atoms with Gasteiger partial charge in [-0.05, 0) is 68.0 Å². The molecular weight excluding hydrogens is 715 g/mol. The fourth-order valence-corrected chi connectivity index (χ4v) is 8.70. The van der Waals surface area contributed by atoms with E-state index in [-0.39, 0.29) is 30.9 Å². The molecule has 0 bridgehead atoms. The number of sulfonamides is 1. The minimum absolute atomic E-state index is 0.0686. The molecular formula is C38H39N7O8S. The summed E-state index contributed by atoms with van der Waals surface area (Å²) in [6, 6.07) is 12.8. The molecule has 4 aromatic rings.